The van der Waals surface area contributed by atoms with Crippen LogP contribution in [0.5, 0.6) is 0 Å². The van der Waals surface area contributed by atoms with Gasteiger partial charge in [0.2, 0.25) is 0 Å². The third-order valence-electron chi connectivity index (χ3n) is 2.63. The van der Waals surface area contributed by atoms with Crippen molar-refractivity contribution in [1.29, 1.82) is 0 Å². The van der Waals surface area contributed by atoms with Gasteiger partial charge in [-0.05, 0) is 13.3 Å². The van der Waals surface area contributed by atoms with Gasteiger partial charge < -0.3 is 4.74 Å². The Balaban J connectivity index is 3.37. The van der Waals surface area contributed by atoms with Crippen molar-refractivity contribution in [1.82, 2.24) is 0 Å². The van der Waals surface area contributed by atoms with Gasteiger partial charge in [0.25, 0.3) is 0 Å². The van der Waals surface area contributed by atoms with Gasteiger partial charge in [-0.25, -0.2) is 9.18 Å². The SMILES string of the molecule is C=C(C)C(=O)OCCC(F)CCCCCCC. The van der Waals surface area contributed by atoms with Crippen LogP contribution < -0.4 is 0 Å². The Morgan fingerprint density at radius 2 is 1.88 bits per heavy atom. The third kappa shape index (κ3) is 10.0. The van der Waals surface area contributed by atoms with E-state index in [1.165, 1.54) is 19.3 Å². The van der Waals surface area contributed by atoms with Crippen LogP contribution in [-0.4, -0.2) is 18.7 Å². The van der Waals surface area contributed by atoms with Crippen LogP contribution in [0.4, 0.5) is 4.39 Å². The minimum atomic E-state index is -0.852. The molecule has 0 aromatic rings. The van der Waals surface area contributed by atoms with E-state index < -0.39 is 12.1 Å². The molecule has 0 bridgehead atoms. The lowest BCUT2D eigenvalue weighted by Gasteiger charge is -2.08. The van der Waals surface area contributed by atoms with Crippen LogP contribution in [0.1, 0.15) is 58.8 Å². The van der Waals surface area contributed by atoms with E-state index in [0.29, 0.717) is 18.4 Å². The first-order chi connectivity index (χ1) is 8.07. The van der Waals surface area contributed by atoms with Crippen molar-refractivity contribution in [2.45, 2.75) is 65.0 Å². The highest BCUT2D eigenvalue weighted by Gasteiger charge is 2.08. The molecule has 0 spiro atoms. The molecule has 3 heteroatoms. The van der Waals surface area contributed by atoms with Crippen molar-refractivity contribution >= 4 is 5.97 Å². The molecule has 100 valence electrons. The maximum absolute atomic E-state index is 13.3. The molecule has 0 radical (unpaired) electrons. The summed E-state index contributed by atoms with van der Waals surface area (Å²) in [5.74, 6) is -0.430. The topological polar surface area (TPSA) is 26.3 Å². The van der Waals surface area contributed by atoms with Gasteiger partial charge in [-0.1, -0.05) is 45.6 Å². The Morgan fingerprint density at radius 3 is 2.47 bits per heavy atom. The first-order valence-corrected chi connectivity index (χ1v) is 6.54. The van der Waals surface area contributed by atoms with E-state index in [-0.39, 0.29) is 6.61 Å². The van der Waals surface area contributed by atoms with Crippen LogP contribution in [0.25, 0.3) is 0 Å². The largest absolute Gasteiger partial charge is 0.462 e. The lowest BCUT2D eigenvalue weighted by Crippen LogP contribution is -2.10. The number of carbonyl (C=O) groups excluding carboxylic acids is 1. The fourth-order valence-electron chi connectivity index (χ4n) is 1.52. The number of esters is 1. The van der Waals surface area contributed by atoms with E-state index in [9.17, 15) is 9.18 Å². The highest BCUT2D eigenvalue weighted by molar-refractivity contribution is 5.86. The second-order valence-corrected chi connectivity index (χ2v) is 4.51. The van der Waals surface area contributed by atoms with Gasteiger partial charge in [0, 0.05) is 12.0 Å². The standard InChI is InChI=1S/C14H25FO2/c1-4-5-6-7-8-9-13(15)10-11-17-14(16)12(2)3/h13H,2,4-11H2,1,3H3. The zero-order chi connectivity index (χ0) is 13.1. The number of unbranched alkanes of at least 4 members (excludes halogenated alkanes) is 4. The van der Waals surface area contributed by atoms with Crippen molar-refractivity contribution in [3.63, 3.8) is 0 Å². The molecule has 1 unspecified atom stereocenters. The molecule has 0 aromatic heterocycles. The summed E-state index contributed by atoms with van der Waals surface area (Å²) in [7, 11) is 0. The molecule has 17 heavy (non-hydrogen) atoms. The molecule has 0 aliphatic heterocycles. The summed E-state index contributed by atoms with van der Waals surface area (Å²) < 4.78 is 18.2. The van der Waals surface area contributed by atoms with Crippen molar-refractivity contribution < 1.29 is 13.9 Å². The Morgan fingerprint density at radius 1 is 1.24 bits per heavy atom. The quantitative estimate of drug-likeness (QED) is 0.327. The fourth-order valence-corrected chi connectivity index (χ4v) is 1.52. The number of rotatable bonds is 10. The van der Waals surface area contributed by atoms with Crippen LogP contribution in [0, 0.1) is 0 Å². The fraction of sp³-hybridized carbons (Fsp3) is 0.786. The van der Waals surface area contributed by atoms with E-state index in [1.54, 1.807) is 6.92 Å². The second-order valence-electron chi connectivity index (χ2n) is 4.51. The predicted octanol–water partition coefficient (Wildman–Crippen LogP) is 4.19. The summed E-state index contributed by atoms with van der Waals surface area (Å²) in [6.07, 6.45) is 5.67. The highest BCUT2D eigenvalue weighted by atomic mass is 19.1. The first-order valence-electron chi connectivity index (χ1n) is 6.54. The number of hydrogen-bond acceptors (Lipinski definition) is 2. The van der Waals surface area contributed by atoms with Gasteiger partial charge in [0.15, 0.2) is 0 Å². The van der Waals surface area contributed by atoms with Gasteiger partial charge >= 0.3 is 5.97 Å². The summed E-state index contributed by atoms with van der Waals surface area (Å²) >= 11 is 0. The van der Waals surface area contributed by atoms with Crippen LogP contribution in [-0.2, 0) is 9.53 Å². The zero-order valence-corrected chi connectivity index (χ0v) is 11.1. The molecule has 2 nitrogen and oxygen atoms in total. The number of alkyl halides is 1. The first kappa shape index (κ1) is 16.1. The smallest absolute Gasteiger partial charge is 0.333 e. The number of carbonyl (C=O) groups is 1. The van der Waals surface area contributed by atoms with E-state index in [0.717, 1.165) is 12.8 Å². The minimum absolute atomic E-state index is 0.155. The molecule has 0 aliphatic rings. The van der Waals surface area contributed by atoms with Crippen molar-refractivity contribution in [2.75, 3.05) is 6.61 Å². The van der Waals surface area contributed by atoms with E-state index in [2.05, 4.69) is 13.5 Å². The molecule has 0 rings (SSSR count). The molecule has 0 saturated carbocycles. The number of ether oxygens (including phenoxy) is 1. The molecule has 0 amide bonds. The van der Waals surface area contributed by atoms with Gasteiger partial charge in [-0.3, -0.25) is 0 Å². The Kier molecular flexibility index (Phi) is 9.78. The molecule has 1 atom stereocenters. The van der Waals surface area contributed by atoms with Crippen LogP contribution >= 0.6 is 0 Å². The molecule has 0 N–H and O–H groups in total. The highest BCUT2D eigenvalue weighted by Crippen LogP contribution is 2.12. The van der Waals surface area contributed by atoms with Crippen molar-refractivity contribution in [3.8, 4) is 0 Å². The summed E-state index contributed by atoms with van der Waals surface area (Å²) in [5, 5.41) is 0. The predicted molar refractivity (Wildman–Crippen MR) is 68.7 cm³/mol. The maximum Gasteiger partial charge on any atom is 0.333 e. The van der Waals surface area contributed by atoms with Crippen LogP contribution in [0.3, 0.4) is 0 Å². The molecule has 0 saturated heterocycles. The molecular formula is C14H25FO2. The average molecular weight is 244 g/mol. The van der Waals surface area contributed by atoms with E-state index in [1.807, 2.05) is 0 Å². The molecule has 0 heterocycles. The average Bonchev–Trinajstić information content (AvgIpc) is 2.28. The molecule has 0 aliphatic carbocycles. The van der Waals surface area contributed by atoms with Gasteiger partial charge in [0.1, 0.15) is 6.17 Å². The van der Waals surface area contributed by atoms with Crippen LogP contribution in [0.2, 0.25) is 0 Å². The van der Waals surface area contributed by atoms with Crippen molar-refractivity contribution in [2.24, 2.45) is 0 Å². The van der Waals surface area contributed by atoms with Crippen molar-refractivity contribution in [3.05, 3.63) is 12.2 Å². The van der Waals surface area contributed by atoms with E-state index >= 15 is 0 Å². The number of halogens is 1. The Bertz CT molecular complexity index is 226. The molecule has 0 aromatic carbocycles. The van der Waals surface area contributed by atoms with E-state index in [4.69, 9.17) is 4.74 Å². The van der Waals surface area contributed by atoms with Gasteiger partial charge in [0.05, 0.1) is 6.61 Å². The Labute approximate surface area is 104 Å². The summed E-state index contributed by atoms with van der Waals surface area (Å²) in [5.41, 5.74) is 0.361. The van der Waals surface area contributed by atoms with Crippen LogP contribution in [0.15, 0.2) is 12.2 Å². The lowest BCUT2D eigenvalue weighted by molar-refractivity contribution is -0.139. The van der Waals surface area contributed by atoms with Gasteiger partial charge in [-0.15, -0.1) is 0 Å². The van der Waals surface area contributed by atoms with Gasteiger partial charge in [-0.2, -0.15) is 0 Å². The second kappa shape index (κ2) is 10.3. The summed E-state index contributed by atoms with van der Waals surface area (Å²) in [6, 6.07) is 0. The maximum atomic E-state index is 13.3. The third-order valence-corrected chi connectivity index (χ3v) is 2.63. The zero-order valence-electron chi connectivity index (χ0n) is 11.1. The normalized spacial score (nSPS) is 12.2. The molecular weight excluding hydrogens is 219 g/mol. The lowest BCUT2D eigenvalue weighted by atomic mass is 10.1. The Hall–Kier alpha value is -0.860. The minimum Gasteiger partial charge on any atom is -0.462 e. The summed E-state index contributed by atoms with van der Waals surface area (Å²) in [6.45, 7) is 7.36. The summed E-state index contributed by atoms with van der Waals surface area (Å²) in [4.78, 5) is 11.0. The monoisotopic (exact) mass is 244 g/mol. The molecule has 0 fully saturated rings. The number of hydrogen-bond donors (Lipinski definition) is 0.